The third-order valence-corrected chi connectivity index (χ3v) is 5.03. The Balaban J connectivity index is 1.66. The fourth-order valence-corrected chi connectivity index (χ4v) is 3.58. The van der Waals surface area contributed by atoms with E-state index in [1.807, 2.05) is 24.3 Å². The Morgan fingerprint density at radius 1 is 1.32 bits per heavy atom. The predicted molar refractivity (Wildman–Crippen MR) is 110 cm³/mol. The van der Waals surface area contributed by atoms with Gasteiger partial charge in [0.2, 0.25) is 5.91 Å². The predicted octanol–water partition coefficient (Wildman–Crippen LogP) is 1.83. The van der Waals surface area contributed by atoms with E-state index in [9.17, 15) is 9.59 Å². The fraction of sp³-hybridized carbons (Fsp3) is 0.619. The maximum atomic E-state index is 12.9. The van der Waals surface area contributed by atoms with Crippen LogP contribution in [0.4, 0.5) is 11.4 Å². The Morgan fingerprint density at radius 2 is 2.00 bits per heavy atom. The van der Waals surface area contributed by atoms with Crippen molar-refractivity contribution in [2.45, 2.75) is 45.7 Å². The highest BCUT2D eigenvalue weighted by Crippen LogP contribution is 2.32. The number of nitrogens with zero attached hydrogens (tertiary/aromatic N) is 2. The molecule has 1 saturated heterocycles. The summed E-state index contributed by atoms with van der Waals surface area (Å²) in [6, 6.07) is 7.47. The van der Waals surface area contributed by atoms with Gasteiger partial charge in [-0.1, -0.05) is 20.8 Å². The van der Waals surface area contributed by atoms with Gasteiger partial charge in [-0.3, -0.25) is 14.5 Å². The van der Waals surface area contributed by atoms with Gasteiger partial charge in [0, 0.05) is 37.1 Å². The average Bonchev–Trinajstić information content (AvgIpc) is 3.47. The minimum Gasteiger partial charge on any atom is -0.370 e. The molecule has 1 aliphatic heterocycles. The Morgan fingerprint density at radius 3 is 2.54 bits per heavy atom. The molecule has 3 N–H and O–H groups in total. The monoisotopic (exact) mass is 388 g/mol. The van der Waals surface area contributed by atoms with E-state index in [0.29, 0.717) is 31.4 Å². The molecular formula is C21H32N4O3. The zero-order chi connectivity index (χ0) is 20.3. The fourth-order valence-electron chi connectivity index (χ4n) is 3.58. The van der Waals surface area contributed by atoms with Gasteiger partial charge < -0.3 is 20.7 Å². The van der Waals surface area contributed by atoms with Crippen LogP contribution >= 0.6 is 0 Å². The molecule has 7 heteroatoms. The number of carbonyl (C=O) groups excluding carboxylic acids is 2. The number of hydrogen-bond acceptors (Lipinski definition) is 5. The van der Waals surface area contributed by atoms with Gasteiger partial charge in [-0.25, -0.2) is 0 Å². The van der Waals surface area contributed by atoms with E-state index in [1.165, 1.54) is 0 Å². The molecule has 154 valence electrons. The van der Waals surface area contributed by atoms with Crippen LogP contribution in [0.15, 0.2) is 24.3 Å². The van der Waals surface area contributed by atoms with Gasteiger partial charge in [0.05, 0.1) is 6.61 Å². The zero-order valence-electron chi connectivity index (χ0n) is 17.1. The molecule has 1 aromatic carbocycles. The van der Waals surface area contributed by atoms with Gasteiger partial charge in [0.15, 0.2) is 0 Å². The highest BCUT2D eigenvalue weighted by Gasteiger charge is 2.38. The summed E-state index contributed by atoms with van der Waals surface area (Å²) in [6.45, 7) is 8.86. The first kappa shape index (κ1) is 20.8. The van der Waals surface area contributed by atoms with Crippen LogP contribution in [0.1, 0.15) is 33.6 Å². The molecule has 2 amide bonds. The molecular weight excluding hydrogens is 356 g/mol. The Hall–Kier alpha value is -1.96. The standard InChI is InChI=1S/C21H32N4O3/c1-21(2,3)14-25(17-8-9-17)18(12-22)20(27)23-15-4-6-16(7-5-15)24-10-11-28-13-19(24)26/h4-7,17-18H,8-14,22H2,1-3H3,(H,23,27)/t18-/m1/s1. The third kappa shape index (κ3) is 5.31. The second-order valence-corrected chi connectivity index (χ2v) is 8.85. The summed E-state index contributed by atoms with van der Waals surface area (Å²) in [6.07, 6.45) is 2.25. The highest BCUT2D eigenvalue weighted by molar-refractivity contribution is 5.97. The summed E-state index contributed by atoms with van der Waals surface area (Å²) in [5.41, 5.74) is 7.61. The van der Waals surface area contributed by atoms with Crippen molar-refractivity contribution in [2.24, 2.45) is 11.1 Å². The number of benzene rings is 1. The summed E-state index contributed by atoms with van der Waals surface area (Å²) in [7, 11) is 0. The van der Waals surface area contributed by atoms with Crippen LogP contribution in [0.2, 0.25) is 0 Å². The maximum absolute atomic E-state index is 12.9. The third-order valence-electron chi connectivity index (χ3n) is 5.03. The molecule has 28 heavy (non-hydrogen) atoms. The number of anilines is 2. The first-order chi connectivity index (χ1) is 13.3. The summed E-state index contributed by atoms with van der Waals surface area (Å²) in [5, 5.41) is 2.99. The molecule has 1 saturated carbocycles. The van der Waals surface area contributed by atoms with Gasteiger partial charge in [0.25, 0.3) is 5.91 Å². The van der Waals surface area contributed by atoms with Crippen molar-refractivity contribution in [3.8, 4) is 0 Å². The summed E-state index contributed by atoms with van der Waals surface area (Å²) in [5.74, 6) is -0.123. The van der Waals surface area contributed by atoms with Gasteiger partial charge >= 0.3 is 0 Å². The van der Waals surface area contributed by atoms with E-state index in [4.69, 9.17) is 10.5 Å². The molecule has 3 rings (SSSR count). The first-order valence-electron chi connectivity index (χ1n) is 10.0. The van der Waals surface area contributed by atoms with Crippen molar-refractivity contribution < 1.29 is 14.3 Å². The van der Waals surface area contributed by atoms with Crippen LogP contribution < -0.4 is 16.0 Å². The van der Waals surface area contributed by atoms with E-state index < -0.39 is 0 Å². The molecule has 0 spiro atoms. The van der Waals surface area contributed by atoms with Crippen molar-refractivity contribution in [2.75, 3.05) is 43.1 Å². The molecule has 7 nitrogen and oxygen atoms in total. The Bertz CT molecular complexity index is 695. The van der Waals surface area contributed by atoms with Gasteiger partial charge in [-0.05, 0) is 42.5 Å². The zero-order valence-corrected chi connectivity index (χ0v) is 17.1. The molecule has 2 aliphatic rings. The Kier molecular flexibility index (Phi) is 6.37. The minimum absolute atomic E-state index is 0.0477. The number of amides is 2. The molecule has 0 bridgehead atoms. The second kappa shape index (κ2) is 8.59. The van der Waals surface area contributed by atoms with E-state index in [2.05, 4.69) is 31.0 Å². The molecule has 1 aromatic rings. The van der Waals surface area contributed by atoms with E-state index in [-0.39, 0.29) is 29.9 Å². The molecule has 1 aliphatic carbocycles. The van der Waals surface area contributed by atoms with Crippen LogP contribution in [0.3, 0.4) is 0 Å². The number of ether oxygens (including phenoxy) is 1. The van der Waals surface area contributed by atoms with E-state index >= 15 is 0 Å². The molecule has 0 aromatic heterocycles. The van der Waals surface area contributed by atoms with Crippen molar-refractivity contribution in [1.82, 2.24) is 4.90 Å². The molecule has 0 radical (unpaired) electrons. The lowest BCUT2D eigenvalue weighted by atomic mass is 9.95. The second-order valence-electron chi connectivity index (χ2n) is 8.85. The smallest absolute Gasteiger partial charge is 0.253 e. The molecule has 1 heterocycles. The van der Waals surface area contributed by atoms with Crippen molar-refractivity contribution in [1.29, 1.82) is 0 Å². The van der Waals surface area contributed by atoms with Gasteiger partial charge in [-0.2, -0.15) is 0 Å². The molecule has 2 fully saturated rings. The highest BCUT2D eigenvalue weighted by atomic mass is 16.5. The maximum Gasteiger partial charge on any atom is 0.253 e. The largest absolute Gasteiger partial charge is 0.370 e. The van der Waals surface area contributed by atoms with Crippen LogP contribution in [0, 0.1) is 5.41 Å². The van der Waals surface area contributed by atoms with Gasteiger partial charge in [-0.15, -0.1) is 0 Å². The number of carbonyl (C=O) groups is 2. The quantitative estimate of drug-likeness (QED) is 0.744. The molecule has 1 atom stereocenters. The lowest BCUT2D eigenvalue weighted by molar-refractivity contribution is -0.125. The van der Waals surface area contributed by atoms with Crippen LogP contribution in [-0.4, -0.2) is 61.6 Å². The Labute approximate surface area is 167 Å². The number of nitrogens with two attached hydrogens (primary N) is 1. The van der Waals surface area contributed by atoms with Gasteiger partial charge in [0.1, 0.15) is 12.6 Å². The van der Waals surface area contributed by atoms with Crippen LogP contribution in [-0.2, 0) is 14.3 Å². The molecule has 0 unspecified atom stereocenters. The topological polar surface area (TPSA) is 87.9 Å². The lowest BCUT2D eigenvalue weighted by Crippen LogP contribution is -2.52. The normalized spacial score (nSPS) is 19.0. The summed E-state index contributed by atoms with van der Waals surface area (Å²) >= 11 is 0. The van der Waals surface area contributed by atoms with Crippen molar-refractivity contribution in [3.63, 3.8) is 0 Å². The number of hydrogen-bond donors (Lipinski definition) is 2. The number of morpholine rings is 1. The van der Waals surface area contributed by atoms with E-state index in [0.717, 1.165) is 25.1 Å². The SMILES string of the molecule is CC(C)(C)CN(C1CC1)[C@H](CN)C(=O)Nc1ccc(N2CCOCC2=O)cc1. The van der Waals surface area contributed by atoms with Crippen molar-refractivity contribution >= 4 is 23.2 Å². The number of rotatable bonds is 7. The summed E-state index contributed by atoms with van der Waals surface area (Å²) in [4.78, 5) is 28.8. The number of nitrogens with one attached hydrogen (secondary N) is 1. The first-order valence-corrected chi connectivity index (χ1v) is 10.0. The summed E-state index contributed by atoms with van der Waals surface area (Å²) < 4.78 is 5.17. The van der Waals surface area contributed by atoms with Crippen LogP contribution in [0.5, 0.6) is 0 Å². The van der Waals surface area contributed by atoms with E-state index in [1.54, 1.807) is 4.90 Å². The lowest BCUT2D eigenvalue weighted by Gasteiger charge is -2.35. The minimum atomic E-state index is -0.341. The average molecular weight is 389 g/mol. The van der Waals surface area contributed by atoms with Crippen molar-refractivity contribution in [3.05, 3.63) is 24.3 Å². The van der Waals surface area contributed by atoms with Crippen LogP contribution in [0.25, 0.3) is 0 Å².